The molecule has 0 unspecified atom stereocenters. The molecule has 5 heteroatoms. The van der Waals surface area contributed by atoms with E-state index in [1.807, 2.05) is 24.3 Å². The third-order valence-corrected chi connectivity index (χ3v) is 4.88. The van der Waals surface area contributed by atoms with E-state index in [-0.39, 0.29) is 29.6 Å². The fraction of sp³-hybridized carbons (Fsp3) is 0.333. The minimum atomic E-state index is -0.369. The van der Waals surface area contributed by atoms with Crippen LogP contribution >= 0.6 is 11.6 Å². The molecule has 3 rings (SSSR count). The average Bonchev–Trinajstić information content (AvgIpc) is 2.97. The highest BCUT2D eigenvalue weighted by Gasteiger charge is 2.35. The third-order valence-electron chi connectivity index (χ3n) is 4.63. The van der Waals surface area contributed by atoms with Gasteiger partial charge < -0.3 is 10.2 Å². The monoisotopic (exact) mass is 370 g/mol. The van der Waals surface area contributed by atoms with E-state index in [0.29, 0.717) is 11.6 Å². The number of nitrogens with one attached hydrogen (secondary N) is 1. The maximum atomic E-state index is 12.8. The number of nitrogens with zero attached hydrogens (tertiary/aromatic N) is 1. The predicted octanol–water partition coefficient (Wildman–Crippen LogP) is 4.63. The SMILES string of the molecule is CC(C)(C)c1ccccc1NC(=O)[C@H]1CC(=O)N(c2ccc(Cl)cc2)C1. The van der Waals surface area contributed by atoms with Gasteiger partial charge in [0.15, 0.2) is 0 Å². The van der Waals surface area contributed by atoms with Crippen LogP contribution in [-0.4, -0.2) is 18.4 Å². The maximum absolute atomic E-state index is 12.8. The number of anilines is 2. The second kappa shape index (κ2) is 7.12. The van der Waals surface area contributed by atoms with Gasteiger partial charge in [-0.3, -0.25) is 9.59 Å². The van der Waals surface area contributed by atoms with Crippen LogP contribution in [0.3, 0.4) is 0 Å². The minimum Gasteiger partial charge on any atom is -0.326 e. The normalized spacial score (nSPS) is 17.5. The van der Waals surface area contributed by atoms with Gasteiger partial charge in [-0.1, -0.05) is 50.6 Å². The molecule has 1 aliphatic heterocycles. The number of halogens is 1. The Morgan fingerprint density at radius 2 is 1.77 bits per heavy atom. The molecule has 0 aromatic heterocycles. The summed E-state index contributed by atoms with van der Waals surface area (Å²) in [5.41, 5.74) is 2.57. The van der Waals surface area contributed by atoms with Crippen molar-refractivity contribution in [3.63, 3.8) is 0 Å². The molecule has 26 heavy (non-hydrogen) atoms. The summed E-state index contributed by atoms with van der Waals surface area (Å²) in [6.07, 6.45) is 0.214. The van der Waals surface area contributed by atoms with E-state index in [1.54, 1.807) is 29.2 Å². The summed E-state index contributed by atoms with van der Waals surface area (Å²) in [5.74, 6) is -0.533. The molecule has 1 atom stereocenters. The summed E-state index contributed by atoms with van der Waals surface area (Å²) in [4.78, 5) is 26.8. The first-order valence-electron chi connectivity index (χ1n) is 8.72. The zero-order valence-electron chi connectivity index (χ0n) is 15.3. The lowest BCUT2D eigenvalue weighted by Gasteiger charge is -2.23. The number of rotatable bonds is 3. The van der Waals surface area contributed by atoms with Gasteiger partial charge in [0.1, 0.15) is 0 Å². The zero-order valence-corrected chi connectivity index (χ0v) is 16.0. The van der Waals surface area contributed by atoms with Crippen molar-refractivity contribution in [2.45, 2.75) is 32.6 Å². The van der Waals surface area contributed by atoms with Crippen LogP contribution in [-0.2, 0) is 15.0 Å². The molecular weight excluding hydrogens is 348 g/mol. The number of hydrogen-bond acceptors (Lipinski definition) is 2. The number of carbonyl (C=O) groups is 2. The van der Waals surface area contributed by atoms with Crippen molar-refractivity contribution in [3.8, 4) is 0 Å². The first-order chi connectivity index (χ1) is 12.3. The Bertz CT molecular complexity index is 825. The summed E-state index contributed by atoms with van der Waals surface area (Å²) in [6.45, 7) is 6.71. The molecule has 0 aliphatic carbocycles. The molecule has 1 N–H and O–H groups in total. The molecule has 0 bridgehead atoms. The van der Waals surface area contributed by atoms with Gasteiger partial charge in [-0.05, 0) is 41.3 Å². The molecule has 4 nitrogen and oxygen atoms in total. The van der Waals surface area contributed by atoms with Crippen LogP contribution < -0.4 is 10.2 Å². The lowest BCUT2D eigenvalue weighted by atomic mass is 9.85. The smallest absolute Gasteiger partial charge is 0.229 e. The Morgan fingerprint density at radius 3 is 2.42 bits per heavy atom. The molecule has 2 aromatic rings. The number of para-hydroxylation sites is 1. The lowest BCUT2D eigenvalue weighted by Crippen LogP contribution is -2.28. The van der Waals surface area contributed by atoms with Crippen molar-refractivity contribution >= 4 is 34.8 Å². The van der Waals surface area contributed by atoms with Gasteiger partial charge in [-0.25, -0.2) is 0 Å². The molecule has 1 aliphatic rings. The molecule has 136 valence electrons. The van der Waals surface area contributed by atoms with Crippen LogP contribution in [0.1, 0.15) is 32.8 Å². The van der Waals surface area contributed by atoms with Crippen molar-refractivity contribution in [2.75, 3.05) is 16.8 Å². The Labute approximate surface area is 159 Å². The summed E-state index contributed by atoms with van der Waals surface area (Å²) >= 11 is 5.91. The summed E-state index contributed by atoms with van der Waals surface area (Å²) in [5, 5.41) is 3.64. The molecule has 2 aromatic carbocycles. The van der Waals surface area contributed by atoms with Gasteiger partial charge >= 0.3 is 0 Å². The van der Waals surface area contributed by atoms with E-state index in [9.17, 15) is 9.59 Å². The van der Waals surface area contributed by atoms with Crippen molar-refractivity contribution in [3.05, 3.63) is 59.1 Å². The van der Waals surface area contributed by atoms with Crippen LogP contribution in [0.15, 0.2) is 48.5 Å². The average molecular weight is 371 g/mol. The summed E-state index contributed by atoms with van der Waals surface area (Å²) < 4.78 is 0. The number of carbonyl (C=O) groups excluding carboxylic acids is 2. The summed E-state index contributed by atoms with van der Waals surface area (Å²) in [7, 11) is 0. The number of benzene rings is 2. The van der Waals surface area contributed by atoms with Gasteiger partial charge in [-0.2, -0.15) is 0 Å². The third kappa shape index (κ3) is 3.91. The van der Waals surface area contributed by atoms with Crippen LogP contribution in [0.5, 0.6) is 0 Å². The van der Waals surface area contributed by atoms with Gasteiger partial charge in [0.25, 0.3) is 0 Å². The quantitative estimate of drug-likeness (QED) is 0.856. The standard InChI is InChI=1S/C21H23ClN2O2/c1-21(2,3)17-6-4-5-7-18(17)23-20(26)14-12-19(25)24(13-14)16-10-8-15(22)9-11-16/h4-11,14H,12-13H2,1-3H3,(H,23,26)/t14-/m0/s1. The highest BCUT2D eigenvalue weighted by molar-refractivity contribution is 6.30. The summed E-state index contributed by atoms with van der Waals surface area (Å²) in [6, 6.07) is 14.9. The number of amides is 2. The predicted molar refractivity (Wildman–Crippen MR) is 106 cm³/mol. The van der Waals surface area contributed by atoms with Crippen molar-refractivity contribution in [2.24, 2.45) is 5.92 Å². The molecular formula is C21H23ClN2O2. The van der Waals surface area contributed by atoms with Gasteiger partial charge in [0.2, 0.25) is 11.8 Å². The first-order valence-corrected chi connectivity index (χ1v) is 9.10. The second-order valence-electron chi connectivity index (χ2n) is 7.67. The molecule has 1 fully saturated rings. The Morgan fingerprint density at radius 1 is 1.12 bits per heavy atom. The highest BCUT2D eigenvalue weighted by Crippen LogP contribution is 2.31. The lowest BCUT2D eigenvalue weighted by molar-refractivity contribution is -0.122. The van der Waals surface area contributed by atoms with E-state index in [4.69, 9.17) is 11.6 Å². The van der Waals surface area contributed by atoms with E-state index in [2.05, 4.69) is 26.1 Å². The van der Waals surface area contributed by atoms with E-state index < -0.39 is 0 Å². The highest BCUT2D eigenvalue weighted by atomic mass is 35.5. The number of hydrogen-bond donors (Lipinski definition) is 1. The van der Waals surface area contributed by atoms with Gasteiger partial charge in [-0.15, -0.1) is 0 Å². The van der Waals surface area contributed by atoms with E-state index >= 15 is 0 Å². The minimum absolute atomic E-state index is 0.0448. The first kappa shape index (κ1) is 18.5. The fourth-order valence-corrected chi connectivity index (χ4v) is 3.36. The van der Waals surface area contributed by atoms with E-state index in [0.717, 1.165) is 16.9 Å². The Balaban J connectivity index is 1.74. The zero-order chi connectivity index (χ0) is 18.9. The second-order valence-corrected chi connectivity index (χ2v) is 8.10. The van der Waals surface area contributed by atoms with Crippen LogP contribution in [0.25, 0.3) is 0 Å². The molecule has 0 radical (unpaired) electrons. The van der Waals surface area contributed by atoms with Crippen LogP contribution in [0, 0.1) is 5.92 Å². The maximum Gasteiger partial charge on any atom is 0.229 e. The Hall–Kier alpha value is -2.33. The molecule has 1 heterocycles. The molecule has 0 saturated carbocycles. The van der Waals surface area contributed by atoms with Crippen molar-refractivity contribution < 1.29 is 9.59 Å². The van der Waals surface area contributed by atoms with Crippen LogP contribution in [0.4, 0.5) is 11.4 Å². The van der Waals surface area contributed by atoms with Gasteiger partial charge in [0, 0.05) is 29.4 Å². The molecule has 1 saturated heterocycles. The molecule has 2 amide bonds. The largest absolute Gasteiger partial charge is 0.326 e. The fourth-order valence-electron chi connectivity index (χ4n) is 3.23. The van der Waals surface area contributed by atoms with E-state index in [1.165, 1.54) is 0 Å². The Kier molecular flexibility index (Phi) is 5.05. The topological polar surface area (TPSA) is 49.4 Å². The molecule has 0 spiro atoms. The van der Waals surface area contributed by atoms with Crippen LogP contribution in [0.2, 0.25) is 5.02 Å². The van der Waals surface area contributed by atoms with Gasteiger partial charge in [0.05, 0.1) is 5.92 Å². The van der Waals surface area contributed by atoms with Crippen molar-refractivity contribution in [1.82, 2.24) is 0 Å². The van der Waals surface area contributed by atoms with Crippen molar-refractivity contribution in [1.29, 1.82) is 0 Å².